The molecule has 0 saturated carbocycles. The summed E-state index contributed by atoms with van der Waals surface area (Å²) in [6, 6.07) is 0. The molecule has 0 unspecified atom stereocenters. The van der Waals surface area contributed by atoms with Crippen LogP contribution in [0.2, 0.25) is 0 Å². The standard InChI is InChI=1S/C5H8NO2/c1-4(2)3-8-5(6)7/h6H,1,3H2,2H3. The Bertz CT molecular complexity index is 95.0. The van der Waals surface area contributed by atoms with Gasteiger partial charge in [-0.15, -0.1) is 0 Å². The monoisotopic (exact) mass is 114 g/mol. The minimum Gasteiger partial charge on any atom is -0.444 e. The number of hydrogen-bond donors (Lipinski definition) is 0. The Labute approximate surface area is 48.1 Å². The molecule has 0 bridgehead atoms. The second-order valence-corrected chi connectivity index (χ2v) is 1.53. The van der Waals surface area contributed by atoms with Crippen LogP contribution < -0.4 is 5.73 Å². The van der Waals surface area contributed by atoms with Crippen LogP contribution in [0.15, 0.2) is 12.2 Å². The van der Waals surface area contributed by atoms with Crippen LogP contribution in [-0.2, 0) is 4.74 Å². The smallest absolute Gasteiger partial charge is 0.426 e. The normalized spacial score (nSPS) is 8.12. The molecule has 0 fully saturated rings. The van der Waals surface area contributed by atoms with Gasteiger partial charge in [0.1, 0.15) is 6.61 Å². The molecule has 1 N–H and O–H groups in total. The third-order valence-corrected chi connectivity index (χ3v) is 0.450. The molecule has 0 rings (SSSR count). The molecule has 1 amide bonds. The van der Waals surface area contributed by atoms with Crippen LogP contribution in [0.3, 0.4) is 0 Å². The van der Waals surface area contributed by atoms with Crippen molar-refractivity contribution in [3.8, 4) is 0 Å². The number of hydrogen-bond acceptors (Lipinski definition) is 2. The second kappa shape index (κ2) is 3.07. The van der Waals surface area contributed by atoms with Gasteiger partial charge >= 0.3 is 6.09 Å². The van der Waals surface area contributed by atoms with Crippen LogP contribution in [0.5, 0.6) is 0 Å². The van der Waals surface area contributed by atoms with Gasteiger partial charge in [0.15, 0.2) is 0 Å². The zero-order valence-electron chi connectivity index (χ0n) is 4.73. The van der Waals surface area contributed by atoms with E-state index in [1.54, 1.807) is 6.92 Å². The van der Waals surface area contributed by atoms with Crippen molar-refractivity contribution in [1.82, 2.24) is 5.73 Å². The lowest BCUT2D eigenvalue weighted by atomic mass is 10.4. The maximum atomic E-state index is 9.75. The molecule has 0 aliphatic carbocycles. The Hall–Kier alpha value is -0.990. The van der Waals surface area contributed by atoms with Crippen molar-refractivity contribution in [3.05, 3.63) is 12.2 Å². The molecule has 0 atom stereocenters. The minimum atomic E-state index is -1.01. The zero-order chi connectivity index (χ0) is 6.57. The molecular formula is C5H8NO2. The van der Waals surface area contributed by atoms with Gasteiger partial charge < -0.3 is 4.74 Å². The number of carbonyl (C=O) groups is 1. The van der Waals surface area contributed by atoms with Gasteiger partial charge in [-0.25, -0.2) is 10.5 Å². The summed E-state index contributed by atoms with van der Waals surface area (Å²) < 4.78 is 4.23. The van der Waals surface area contributed by atoms with Crippen LogP contribution in [-0.4, -0.2) is 12.7 Å². The van der Waals surface area contributed by atoms with Crippen molar-refractivity contribution in [3.63, 3.8) is 0 Å². The fourth-order valence-electron chi connectivity index (χ4n) is 0.189. The topological polar surface area (TPSA) is 50.1 Å². The number of carbonyl (C=O) groups excluding carboxylic acids is 1. The molecule has 0 heterocycles. The van der Waals surface area contributed by atoms with Gasteiger partial charge in [-0.1, -0.05) is 6.58 Å². The van der Waals surface area contributed by atoms with E-state index in [1.807, 2.05) is 0 Å². The van der Waals surface area contributed by atoms with Crippen molar-refractivity contribution < 1.29 is 9.53 Å². The quantitative estimate of drug-likeness (QED) is 0.502. The first kappa shape index (κ1) is 7.01. The highest BCUT2D eigenvalue weighted by molar-refractivity contribution is 5.63. The van der Waals surface area contributed by atoms with Crippen LogP contribution in [0, 0.1) is 0 Å². The van der Waals surface area contributed by atoms with E-state index >= 15 is 0 Å². The van der Waals surface area contributed by atoms with E-state index in [0.29, 0.717) is 0 Å². The second-order valence-electron chi connectivity index (χ2n) is 1.53. The molecule has 3 nitrogen and oxygen atoms in total. The molecule has 8 heavy (non-hydrogen) atoms. The van der Waals surface area contributed by atoms with E-state index in [9.17, 15) is 4.79 Å². The lowest BCUT2D eigenvalue weighted by Crippen LogP contribution is -2.03. The average molecular weight is 114 g/mol. The van der Waals surface area contributed by atoms with Gasteiger partial charge in [0.2, 0.25) is 0 Å². The van der Waals surface area contributed by atoms with Crippen molar-refractivity contribution in [2.45, 2.75) is 6.92 Å². The molecule has 0 saturated heterocycles. The fraction of sp³-hybridized carbons (Fsp3) is 0.400. The summed E-state index contributed by atoms with van der Waals surface area (Å²) in [6.45, 7) is 5.35. The molecule has 45 valence electrons. The summed E-state index contributed by atoms with van der Waals surface area (Å²) in [4.78, 5) is 9.75. The zero-order valence-corrected chi connectivity index (χ0v) is 4.73. The first-order valence-corrected chi connectivity index (χ1v) is 2.15. The Balaban J connectivity index is 3.18. The Kier molecular flexibility index (Phi) is 2.69. The molecule has 0 aliphatic rings. The number of amides is 1. The molecule has 0 aromatic rings. The van der Waals surface area contributed by atoms with Gasteiger partial charge in [-0.05, 0) is 12.5 Å². The highest BCUT2D eigenvalue weighted by Crippen LogP contribution is 1.86. The van der Waals surface area contributed by atoms with E-state index in [1.165, 1.54) is 0 Å². The van der Waals surface area contributed by atoms with E-state index < -0.39 is 6.09 Å². The maximum Gasteiger partial charge on any atom is 0.426 e. The minimum absolute atomic E-state index is 0.155. The molecule has 0 aromatic heterocycles. The highest BCUT2D eigenvalue weighted by atomic mass is 16.5. The van der Waals surface area contributed by atoms with Crippen LogP contribution in [0.4, 0.5) is 4.79 Å². The summed E-state index contributed by atoms with van der Waals surface area (Å²) in [5.74, 6) is 0. The summed E-state index contributed by atoms with van der Waals surface area (Å²) in [6.07, 6.45) is -1.01. The van der Waals surface area contributed by atoms with E-state index in [-0.39, 0.29) is 6.61 Å². The van der Waals surface area contributed by atoms with Crippen LogP contribution in [0.25, 0.3) is 0 Å². The van der Waals surface area contributed by atoms with Gasteiger partial charge in [-0.2, -0.15) is 0 Å². The van der Waals surface area contributed by atoms with Crippen molar-refractivity contribution in [1.29, 1.82) is 0 Å². The summed E-state index contributed by atoms with van der Waals surface area (Å²) in [5, 5.41) is 0. The third-order valence-electron chi connectivity index (χ3n) is 0.450. The Morgan fingerprint density at radius 1 is 1.88 bits per heavy atom. The van der Waals surface area contributed by atoms with Gasteiger partial charge in [-0.3, -0.25) is 0 Å². The third kappa shape index (κ3) is 5.01. The molecule has 0 aliphatic heterocycles. The first-order valence-electron chi connectivity index (χ1n) is 2.15. The molecule has 0 aromatic carbocycles. The maximum absolute atomic E-state index is 9.75. The SMILES string of the molecule is C=C(C)COC([NH])=O. The average Bonchev–Trinajstić information content (AvgIpc) is 1.61. The number of ether oxygens (including phenoxy) is 1. The van der Waals surface area contributed by atoms with E-state index in [2.05, 4.69) is 11.3 Å². The fourth-order valence-corrected chi connectivity index (χ4v) is 0.189. The predicted molar refractivity (Wildman–Crippen MR) is 29.3 cm³/mol. The molecule has 1 radical (unpaired) electrons. The van der Waals surface area contributed by atoms with Crippen LogP contribution >= 0.6 is 0 Å². The Morgan fingerprint density at radius 2 is 2.38 bits per heavy atom. The number of rotatable bonds is 2. The lowest BCUT2D eigenvalue weighted by Gasteiger charge is -1.95. The van der Waals surface area contributed by atoms with Gasteiger partial charge in [0, 0.05) is 0 Å². The summed E-state index contributed by atoms with van der Waals surface area (Å²) >= 11 is 0. The summed E-state index contributed by atoms with van der Waals surface area (Å²) in [5.41, 5.74) is 7.01. The van der Waals surface area contributed by atoms with Gasteiger partial charge in [0.25, 0.3) is 0 Å². The van der Waals surface area contributed by atoms with E-state index in [4.69, 9.17) is 5.73 Å². The number of nitrogens with one attached hydrogen (secondary N) is 1. The molecule has 3 heteroatoms. The largest absolute Gasteiger partial charge is 0.444 e. The molecule has 0 spiro atoms. The van der Waals surface area contributed by atoms with Gasteiger partial charge in [0.05, 0.1) is 0 Å². The summed E-state index contributed by atoms with van der Waals surface area (Å²) in [7, 11) is 0. The van der Waals surface area contributed by atoms with Crippen molar-refractivity contribution >= 4 is 6.09 Å². The lowest BCUT2D eigenvalue weighted by molar-refractivity contribution is 0.165. The van der Waals surface area contributed by atoms with E-state index in [0.717, 1.165) is 5.57 Å². The van der Waals surface area contributed by atoms with Crippen molar-refractivity contribution in [2.24, 2.45) is 0 Å². The van der Waals surface area contributed by atoms with Crippen LogP contribution in [0.1, 0.15) is 6.92 Å². The molecular weight excluding hydrogens is 106 g/mol. The predicted octanol–water partition coefficient (Wildman–Crippen LogP) is 0.982. The van der Waals surface area contributed by atoms with Crippen molar-refractivity contribution in [2.75, 3.05) is 6.61 Å². The Morgan fingerprint density at radius 3 is 2.50 bits per heavy atom. The highest BCUT2D eigenvalue weighted by Gasteiger charge is 1.91. The first-order chi connectivity index (χ1) is 3.63.